The van der Waals surface area contributed by atoms with E-state index in [9.17, 15) is 14.4 Å². The molecule has 2 rings (SSSR count). The number of carbonyl (C=O) groups excluding carboxylic acids is 3. The van der Waals surface area contributed by atoms with Crippen LogP contribution in [0.4, 0.5) is 0 Å². The monoisotopic (exact) mass is 371 g/mol. The van der Waals surface area contributed by atoms with Gasteiger partial charge in [-0.25, -0.2) is 9.78 Å². The first kappa shape index (κ1) is 18.9. The van der Waals surface area contributed by atoms with Crippen molar-refractivity contribution in [2.24, 2.45) is 11.8 Å². The maximum Gasteiger partial charge on any atom is 0.357 e. The van der Waals surface area contributed by atoms with Crippen molar-refractivity contribution >= 4 is 41.3 Å². The van der Waals surface area contributed by atoms with Crippen molar-refractivity contribution in [1.29, 1.82) is 0 Å². The molecule has 8 heteroatoms. The van der Waals surface area contributed by atoms with Crippen molar-refractivity contribution in [3.8, 4) is 0 Å². The molecule has 0 amide bonds. The van der Waals surface area contributed by atoms with Gasteiger partial charge in [0.05, 0.1) is 6.61 Å². The Morgan fingerprint density at radius 3 is 2.92 bits per heavy atom. The Labute approximate surface area is 149 Å². The van der Waals surface area contributed by atoms with Crippen molar-refractivity contribution in [1.82, 2.24) is 4.98 Å². The quantitative estimate of drug-likeness (QED) is 0.395. The minimum atomic E-state index is -0.410. The van der Waals surface area contributed by atoms with Gasteiger partial charge in [-0.1, -0.05) is 11.8 Å². The fourth-order valence-corrected chi connectivity index (χ4v) is 4.80. The van der Waals surface area contributed by atoms with Gasteiger partial charge >= 0.3 is 11.9 Å². The zero-order valence-electron chi connectivity index (χ0n) is 13.7. The van der Waals surface area contributed by atoms with E-state index in [1.807, 2.05) is 0 Å². The van der Waals surface area contributed by atoms with E-state index in [0.29, 0.717) is 12.3 Å². The minimum Gasteiger partial charge on any atom is -0.462 e. The second-order valence-electron chi connectivity index (χ2n) is 5.55. The van der Waals surface area contributed by atoms with E-state index in [4.69, 9.17) is 9.47 Å². The fraction of sp³-hybridized carbons (Fsp3) is 0.625. The molecule has 1 aliphatic rings. The van der Waals surface area contributed by atoms with Gasteiger partial charge < -0.3 is 14.3 Å². The van der Waals surface area contributed by atoms with E-state index in [1.165, 1.54) is 18.3 Å². The highest BCUT2D eigenvalue weighted by Gasteiger charge is 2.37. The lowest BCUT2D eigenvalue weighted by Crippen LogP contribution is -2.25. The molecule has 24 heavy (non-hydrogen) atoms. The number of nitrogens with zero attached hydrogens (tertiary/aromatic N) is 1. The summed E-state index contributed by atoms with van der Waals surface area (Å²) in [5, 5.41) is 1.69. The number of esters is 2. The molecule has 0 aliphatic heterocycles. The van der Waals surface area contributed by atoms with E-state index in [2.05, 4.69) is 4.98 Å². The number of ether oxygens (including phenoxy) is 2. The van der Waals surface area contributed by atoms with Gasteiger partial charge in [0.25, 0.3) is 0 Å². The lowest BCUT2D eigenvalue weighted by atomic mass is 9.93. The van der Waals surface area contributed by atoms with Crippen LogP contribution < -0.4 is 0 Å². The van der Waals surface area contributed by atoms with Gasteiger partial charge in [-0.3, -0.25) is 4.79 Å². The van der Waals surface area contributed by atoms with Crippen LogP contribution in [0.5, 0.6) is 0 Å². The van der Waals surface area contributed by atoms with Gasteiger partial charge in [-0.05, 0) is 26.2 Å². The van der Waals surface area contributed by atoms with Gasteiger partial charge in [0, 0.05) is 29.9 Å². The molecule has 132 valence electrons. The topological polar surface area (TPSA) is 82.6 Å². The van der Waals surface area contributed by atoms with Crippen LogP contribution >= 0.6 is 23.1 Å². The molecule has 1 heterocycles. The molecule has 6 nitrogen and oxygen atoms in total. The fourth-order valence-electron chi connectivity index (χ4n) is 2.89. The van der Waals surface area contributed by atoms with Crippen LogP contribution in [-0.4, -0.2) is 41.7 Å². The average Bonchev–Trinajstić information content (AvgIpc) is 3.15. The number of thioether (sulfide) groups is 1. The molecule has 1 fully saturated rings. The SMILES string of the molecule is CCOC(=O)c1csc(SCCC2C(C=O)CCC2OC(C)=O)n1. The molecule has 1 saturated carbocycles. The summed E-state index contributed by atoms with van der Waals surface area (Å²) in [6.07, 6.45) is 3.06. The zero-order chi connectivity index (χ0) is 17.5. The average molecular weight is 371 g/mol. The molecular formula is C16H21NO5S2. The van der Waals surface area contributed by atoms with Crippen LogP contribution in [0.2, 0.25) is 0 Å². The predicted molar refractivity (Wildman–Crippen MR) is 91.2 cm³/mol. The third-order valence-electron chi connectivity index (χ3n) is 3.95. The summed E-state index contributed by atoms with van der Waals surface area (Å²) in [4.78, 5) is 38.2. The summed E-state index contributed by atoms with van der Waals surface area (Å²) in [6.45, 7) is 3.47. The highest BCUT2D eigenvalue weighted by Crippen LogP contribution is 2.37. The van der Waals surface area contributed by atoms with Crippen molar-refractivity contribution in [2.75, 3.05) is 12.4 Å². The Kier molecular flexibility index (Phi) is 7.23. The first-order valence-electron chi connectivity index (χ1n) is 7.93. The molecule has 1 aromatic rings. The molecule has 0 spiro atoms. The van der Waals surface area contributed by atoms with Crippen molar-refractivity contribution < 1.29 is 23.9 Å². The third-order valence-corrected chi connectivity index (χ3v) is 6.00. The number of thiazole rings is 1. The number of carbonyl (C=O) groups is 3. The van der Waals surface area contributed by atoms with E-state index in [-0.39, 0.29) is 23.9 Å². The van der Waals surface area contributed by atoms with Crippen LogP contribution in [0.3, 0.4) is 0 Å². The molecular weight excluding hydrogens is 350 g/mol. The first-order chi connectivity index (χ1) is 11.5. The largest absolute Gasteiger partial charge is 0.462 e. The molecule has 0 bridgehead atoms. The van der Waals surface area contributed by atoms with Gasteiger partial charge in [0.2, 0.25) is 0 Å². The van der Waals surface area contributed by atoms with E-state index in [1.54, 1.807) is 24.1 Å². The molecule has 0 N–H and O–H groups in total. The minimum absolute atomic E-state index is 0.0543. The third kappa shape index (κ3) is 5.04. The molecule has 3 atom stereocenters. The summed E-state index contributed by atoms with van der Waals surface area (Å²) in [5.74, 6) is 0.0444. The normalized spacial score (nSPS) is 23.0. The summed E-state index contributed by atoms with van der Waals surface area (Å²) < 4.78 is 11.0. The second kappa shape index (κ2) is 9.17. The number of rotatable bonds is 8. The molecule has 1 aromatic heterocycles. The molecule has 0 radical (unpaired) electrons. The van der Waals surface area contributed by atoms with Crippen LogP contribution in [0.25, 0.3) is 0 Å². The van der Waals surface area contributed by atoms with Gasteiger partial charge in [0.1, 0.15) is 12.4 Å². The number of hydrogen-bond donors (Lipinski definition) is 0. The Morgan fingerprint density at radius 2 is 2.25 bits per heavy atom. The second-order valence-corrected chi connectivity index (χ2v) is 7.75. The maximum absolute atomic E-state index is 11.6. The van der Waals surface area contributed by atoms with Gasteiger partial charge in [0.15, 0.2) is 10.0 Å². The molecule has 0 saturated heterocycles. The smallest absolute Gasteiger partial charge is 0.357 e. The standard InChI is InChI=1S/C16H21NO5S2/c1-3-21-15(20)13-9-24-16(17-13)23-7-6-12-11(8-18)4-5-14(12)22-10(2)19/h8-9,11-12,14H,3-7H2,1-2H3. The summed E-state index contributed by atoms with van der Waals surface area (Å²) in [7, 11) is 0. The lowest BCUT2D eigenvalue weighted by molar-refractivity contribution is -0.148. The van der Waals surface area contributed by atoms with Crippen LogP contribution in [-0.2, 0) is 19.1 Å². The highest BCUT2D eigenvalue weighted by molar-refractivity contribution is 8.01. The van der Waals surface area contributed by atoms with Crippen molar-refractivity contribution in [3.05, 3.63) is 11.1 Å². The number of aromatic nitrogens is 1. The molecule has 1 aliphatic carbocycles. The highest BCUT2D eigenvalue weighted by atomic mass is 32.2. The number of hydrogen-bond acceptors (Lipinski definition) is 8. The van der Waals surface area contributed by atoms with Gasteiger partial charge in [-0.2, -0.15) is 0 Å². The Hall–Kier alpha value is -1.41. The lowest BCUT2D eigenvalue weighted by Gasteiger charge is -2.21. The van der Waals surface area contributed by atoms with Crippen molar-refractivity contribution in [2.45, 2.75) is 43.6 Å². The summed E-state index contributed by atoms with van der Waals surface area (Å²) in [6, 6.07) is 0. The first-order valence-corrected chi connectivity index (χ1v) is 9.79. The summed E-state index contributed by atoms with van der Waals surface area (Å²) >= 11 is 2.94. The summed E-state index contributed by atoms with van der Waals surface area (Å²) in [5.41, 5.74) is 0.328. The Morgan fingerprint density at radius 1 is 1.46 bits per heavy atom. The Bertz CT molecular complexity index is 589. The predicted octanol–water partition coefficient (Wildman–Crippen LogP) is 2.96. The molecule has 3 unspecified atom stereocenters. The van der Waals surface area contributed by atoms with E-state index >= 15 is 0 Å². The van der Waals surface area contributed by atoms with Crippen LogP contribution in [0.15, 0.2) is 9.72 Å². The van der Waals surface area contributed by atoms with Crippen molar-refractivity contribution in [3.63, 3.8) is 0 Å². The zero-order valence-corrected chi connectivity index (χ0v) is 15.4. The van der Waals surface area contributed by atoms with Crippen LogP contribution in [0.1, 0.15) is 43.6 Å². The van der Waals surface area contributed by atoms with Gasteiger partial charge in [-0.15, -0.1) is 11.3 Å². The Balaban J connectivity index is 1.86. The van der Waals surface area contributed by atoms with Crippen LogP contribution in [0, 0.1) is 11.8 Å². The number of aldehydes is 1. The molecule has 0 aromatic carbocycles. The van der Waals surface area contributed by atoms with E-state index < -0.39 is 5.97 Å². The van der Waals surface area contributed by atoms with E-state index in [0.717, 1.165) is 35.6 Å². The maximum atomic E-state index is 11.6.